The van der Waals surface area contributed by atoms with Gasteiger partial charge in [0.25, 0.3) is 5.91 Å². The van der Waals surface area contributed by atoms with Crippen molar-refractivity contribution in [1.29, 1.82) is 0 Å². The predicted molar refractivity (Wildman–Crippen MR) is 139 cm³/mol. The number of aliphatic hydroxyl groups excluding tert-OH is 1. The maximum Gasteiger partial charge on any atom is 0.417 e. The van der Waals surface area contributed by atoms with Crippen LogP contribution in [0.15, 0.2) is 91.5 Å². The van der Waals surface area contributed by atoms with Crippen LogP contribution in [0.2, 0.25) is 0 Å². The first kappa shape index (κ1) is 26.6. The summed E-state index contributed by atoms with van der Waals surface area (Å²) in [6, 6.07) is 16.3. The molecule has 0 fully saturated rings. The van der Waals surface area contributed by atoms with Crippen molar-refractivity contribution in [2.45, 2.75) is 12.8 Å². The highest BCUT2D eigenvalue weighted by Crippen LogP contribution is 2.38. The second-order valence-corrected chi connectivity index (χ2v) is 8.60. The molecule has 0 aliphatic rings. The van der Waals surface area contributed by atoms with Gasteiger partial charge >= 0.3 is 6.18 Å². The summed E-state index contributed by atoms with van der Waals surface area (Å²) in [7, 11) is 0. The zero-order valence-electron chi connectivity index (χ0n) is 20.5. The number of hydrogen-bond donors (Lipinski definition) is 2. The van der Waals surface area contributed by atoms with Gasteiger partial charge in [0.1, 0.15) is 5.82 Å². The summed E-state index contributed by atoms with van der Waals surface area (Å²) in [6.07, 6.45) is 0.611. The van der Waals surface area contributed by atoms with E-state index in [2.05, 4.69) is 25.3 Å². The second kappa shape index (κ2) is 11.0. The molecule has 3 heterocycles. The van der Waals surface area contributed by atoms with Crippen molar-refractivity contribution in [3.63, 3.8) is 0 Å². The molecule has 2 N–H and O–H groups in total. The van der Waals surface area contributed by atoms with Crippen LogP contribution < -0.4 is 5.32 Å². The van der Waals surface area contributed by atoms with Gasteiger partial charge < -0.3 is 10.4 Å². The minimum absolute atomic E-state index is 0.179. The summed E-state index contributed by atoms with van der Waals surface area (Å²) in [5, 5.41) is 11.9. The Bertz CT molecular complexity index is 1660. The molecule has 11 heteroatoms. The van der Waals surface area contributed by atoms with Crippen LogP contribution in [0.4, 0.5) is 23.2 Å². The third-order valence-corrected chi connectivity index (χ3v) is 5.95. The molecular weight excluding hydrogens is 526 g/mol. The minimum Gasteiger partial charge on any atom is -0.392 e. The van der Waals surface area contributed by atoms with Gasteiger partial charge in [-0.2, -0.15) is 13.2 Å². The number of nitrogens with one attached hydrogen (secondary N) is 1. The van der Waals surface area contributed by atoms with Gasteiger partial charge in [-0.05, 0) is 35.9 Å². The maximum atomic E-state index is 15.0. The first-order valence-corrected chi connectivity index (χ1v) is 11.9. The molecule has 0 saturated heterocycles. The van der Waals surface area contributed by atoms with Gasteiger partial charge in [0, 0.05) is 41.5 Å². The quantitative estimate of drug-likeness (QED) is 0.248. The Kier molecular flexibility index (Phi) is 7.30. The highest BCUT2D eigenvalue weighted by Gasteiger charge is 2.36. The van der Waals surface area contributed by atoms with Crippen molar-refractivity contribution in [1.82, 2.24) is 19.9 Å². The predicted octanol–water partition coefficient (Wildman–Crippen LogP) is 6.17. The lowest BCUT2D eigenvalue weighted by Crippen LogP contribution is -2.17. The van der Waals surface area contributed by atoms with Crippen LogP contribution in [0.1, 0.15) is 21.5 Å². The van der Waals surface area contributed by atoms with E-state index >= 15 is 4.39 Å². The van der Waals surface area contributed by atoms with E-state index in [4.69, 9.17) is 0 Å². The molecule has 0 spiro atoms. The molecule has 2 aromatic carbocycles. The van der Waals surface area contributed by atoms with E-state index in [1.807, 2.05) is 0 Å². The normalized spacial score (nSPS) is 11.3. The average Bonchev–Trinajstić information content (AvgIpc) is 2.97. The second-order valence-electron chi connectivity index (χ2n) is 8.60. The number of benzene rings is 2. The Labute approximate surface area is 225 Å². The number of aliphatic hydroxyl groups is 1. The number of carbonyl (C=O) groups is 1. The Morgan fingerprint density at radius 3 is 2.25 bits per heavy atom. The number of alkyl halides is 3. The fourth-order valence-corrected chi connectivity index (χ4v) is 4.01. The van der Waals surface area contributed by atoms with Gasteiger partial charge in [0.15, 0.2) is 5.82 Å². The molecule has 0 atom stereocenters. The summed E-state index contributed by atoms with van der Waals surface area (Å²) in [6.45, 7) is -0.186. The summed E-state index contributed by atoms with van der Waals surface area (Å²) >= 11 is 0. The van der Waals surface area contributed by atoms with Crippen LogP contribution >= 0.6 is 0 Å². The Morgan fingerprint density at radius 2 is 1.60 bits per heavy atom. The van der Waals surface area contributed by atoms with E-state index in [9.17, 15) is 23.1 Å². The van der Waals surface area contributed by atoms with Crippen LogP contribution in [0, 0.1) is 5.82 Å². The monoisotopic (exact) mass is 545 g/mol. The molecule has 5 rings (SSSR count). The molecule has 0 radical (unpaired) electrons. The summed E-state index contributed by atoms with van der Waals surface area (Å²) in [5.74, 6) is -2.67. The van der Waals surface area contributed by atoms with Gasteiger partial charge in [-0.25, -0.2) is 14.4 Å². The lowest BCUT2D eigenvalue weighted by Gasteiger charge is -2.16. The highest BCUT2D eigenvalue weighted by molar-refractivity contribution is 6.07. The molecule has 200 valence electrons. The van der Waals surface area contributed by atoms with Crippen molar-refractivity contribution < 1.29 is 27.5 Å². The molecule has 40 heavy (non-hydrogen) atoms. The minimum atomic E-state index is -4.91. The average molecular weight is 545 g/mol. The summed E-state index contributed by atoms with van der Waals surface area (Å²) < 4.78 is 56.2. The van der Waals surface area contributed by atoms with E-state index < -0.39 is 34.6 Å². The number of halogens is 4. The van der Waals surface area contributed by atoms with Crippen molar-refractivity contribution in [2.75, 3.05) is 5.32 Å². The lowest BCUT2D eigenvalue weighted by atomic mass is 10.0. The molecule has 1 amide bonds. The van der Waals surface area contributed by atoms with Crippen molar-refractivity contribution in [3.8, 4) is 33.9 Å². The van der Waals surface area contributed by atoms with Gasteiger partial charge in [0.2, 0.25) is 0 Å². The van der Waals surface area contributed by atoms with Crippen LogP contribution in [0.3, 0.4) is 0 Å². The first-order chi connectivity index (χ1) is 19.2. The third-order valence-electron chi connectivity index (χ3n) is 5.95. The highest BCUT2D eigenvalue weighted by atomic mass is 19.4. The molecular formula is C29H19F4N5O2. The van der Waals surface area contributed by atoms with Crippen LogP contribution in [0.5, 0.6) is 0 Å². The molecule has 0 bridgehead atoms. The van der Waals surface area contributed by atoms with E-state index in [1.165, 1.54) is 24.7 Å². The molecule has 7 nitrogen and oxygen atoms in total. The molecule has 0 saturated carbocycles. The molecule has 0 aliphatic carbocycles. The number of rotatable bonds is 6. The van der Waals surface area contributed by atoms with Crippen LogP contribution in [-0.4, -0.2) is 30.9 Å². The number of hydrogen-bond acceptors (Lipinski definition) is 6. The van der Waals surface area contributed by atoms with E-state index in [0.717, 1.165) is 6.07 Å². The van der Waals surface area contributed by atoms with Crippen LogP contribution in [-0.2, 0) is 12.8 Å². The Morgan fingerprint density at radius 1 is 0.850 bits per heavy atom. The van der Waals surface area contributed by atoms with Gasteiger partial charge in [-0.1, -0.05) is 36.4 Å². The smallest absolute Gasteiger partial charge is 0.392 e. The van der Waals surface area contributed by atoms with Gasteiger partial charge in [-0.15, -0.1) is 0 Å². The summed E-state index contributed by atoms with van der Waals surface area (Å²) in [4.78, 5) is 29.8. The first-order valence-electron chi connectivity index (χ1n) is 11.9. The number of carbonyl (C=O) groups excluding carboxylic acids is 1. The number of pyridine rings is 2. The van der Waals surface area contributed by atoms with E-state index in [0.29, 0.717) is 28.1 Å². The number of amides is 1. The number of anilines is 1. The van der Waals surface area contributed by atoms with Crippen molar-refractivity contribution >= 4 is 11.6 Å². The fraction of sp³-hybridized carbons (Fsp3) is 0.0690. The van der Waals surface area contributed by atoms with Gasteiger partial charge in [-0.3, -0.25) is 14.8 Å². The van der Waals surface area contributed by atoms with Gasteiger partial charge in [0.05, 0.1) is 34.8 Å². The number of nitrogens with zero attached hydrogens (tertiary/aromatic N) is 4. The fourth-order valence-electron chi connectivity index (χ4n) is 4.01. The largest absolute Gasteiger partial charge is 0.417 e. The molecule has 0 aliphatic heterocycles. The van der Waals surface area contributed by atoms with E-state index in [-0.39, 0.29) is 24.2 Å². The molecule has 5 aromatic rings. The standard InChI is InChI=1S/C29H19F4N5O2/c30-23-13-22(29(31,32)33)20(27-34-9-4-10-35-27)12-21(23)28(40)38-25-11-19(24-8-7-17(16-39)14-36-24)15-37-26(25)18-5-2-1-3-6-18/h1-15,39H,16H2,(H,38,40). The third kappa shape index (κ3) is 5.54. The Hall–Kier alpha value is -5.03. The maximum absolute atomic E-state index is 15.0. The zero-order chi connectivity index (χ0) is 28.3. The molecule has 3 aromatic heterocycles. The number of aromatic nitrogens is 4. The molecule has 0 unspecified atom stereocenters. The SMILES string of the molecule is O=C(Nc1cc(-c2ccc(CO)cn2)cnc1-c1ccccc1)c1cc(-c2ncccn2)c(C(F)(F)F)cc1F. The topological polar surface area (TPSA) is 101 Å². The Balaban J connectivity index is 1.59. The lowest BCUT2D eigenvalue weighted by molar-refractivity contribution is -0.137. The zero-order valence-corrected chi connectivity index (χ0v) is 20.5. The summed E-state index contributed by atoms with van der Waals surface area (Å²) in [5.41, 5.74) is 0.283. The van der Waals surface area contributed by atoms with Crippen molar-refractivity contribution in [2.24, 2.45) is 0 Å². The van der Waals surface area contributed by atoms with Crippen molar-refractivity contribution in [3.05, 3.63) is 114 Å². The van der Waals surface area contributed by atoms with Crippen LogP contribution in [0.25, 0.3) is 33.9 Å². The van der Waals surface area contributed by atoms with E-state index in [1.54, 1.807) is 54.7 Å².